The first-order valence-corrected chi connectivity index (χ1v) is 12.8. The number of esters is 1. The van der Waals surface area contributed by atoms with Crippen molar-refractivity contribution in [1.82, 2.24) is 5.32 Å². The Bertz CT molecular complexity index is 1390. The highest BCUT2D eigenvalue weighted by Gasteiger charge is 2.53. The van der Waals surface area contributed by atoms with Crippen LogP contribution >= 0.6 is 0 Å². The minimum Gasteiger partial charge on any atom is -0.462 e. The number of nitrogens with one attached hydrogen (secondary N) is 1. The molecule has 2 aliphatic carbocycles. The van der Waals surface area contributed by atoms with Crippen LogP contribution < -0.4 is 10.2 Å². The average molecular weight is 503 g/mol. The Kier molecular flexibility index (Phi) is 5.55. The van der Waals surface area contributed by atoms with Crippen LogP contribution in [0.4, 0.5) is 14.5 Å². The summed E-state index contributed by atoms with van der Waals surface area (Å²) >= 11 is 0. The maximum absolute atomic E-state index is 14.5. The van der Waals surface area contributed by atoms with Crippen molar-refractivity contribution in [3.05, 3.63) is 100 Å². The van der Waals surface area contributed by atoms with Gasteiger partial charge >= 0.3 is 5.97 Å². The summed E-state index contributed by atoms with van der Waals surface area (Å²) in [4.78, 5) is 27.7. The van der Waals surface area contributed by atoms with Gasteiger partial charge in [0.2, 0.25) is 0 Å². The van der Waals surface area contributed by atoms with Crippen molar-refractivity contribution >= 4 is 17.6 Å². The lowest BCUT2D eigenvalue weighted by Crippen LogP contribution is -2.36. The number of fused-ring (bicyclic) bond motifs is 2. The van der Waals surface area contributed by atoms with E-state index in [9.17, 15) is 18.4 Å². The molecule has 0 radical (unpaired) electrons. The minimum atomic E-state index is -0.484. The number of hydrogen-bond acceptors (Lipinski definition) is 4. The lowest BCUT2D eigenvalue weighted by molar-refractivity contribution is 0.0526. The molecule has 0 bridgehead atoms. The Morgan fingerprint density at radius 1 is 1.00 bits per heavy atom. The molecule has 1 N–H and O–H groups in total. The Morgan fingerprint density at radius 2 is 1.76 bits per heavy atom. The van der Waals surface area contributed by atoms with Crippen molar-refractivity contribution in [2.75, 3.05) is 18.1 Å². The predicted octanol–water partition coefficient (Wildman–Crippen LogP) is 5.61. The molecular formula is C30H28F2N2O3. The molecule has 190 valence electrons. The zero-order valence-corrected chi connectivity index (χ0v) is 20.7. The molecule has 37 heavy (non-hydrogen) atoms. The normalized spacial score (nSPS) is 17.9. The van der Waals surface area contributed by atoms with Crippen molar-refractivity contribution in [1.29, 1.82) is 0 Å². The second kappa shape index (κ2) is 8.68. The van der Waals surface area contributed by atoms with Crippen molar-refractivity contribution in [3.8, 4) is 0 Å². The maximum Gasteiger partial charge on any atom is 0.338 e. The average Bonchev–Trinajstić information content (AvgIpc) is 3.82. The van der Waals surface area contributed by atoms with Gasteiger partial charge in [0.05, 0.1) is 29.0 Å². The third-order valence-electron chi connectivity index (χ3n) is 7.94. The van der Waals surface area contributed by atoms with Gasteiger partial charge in [-0.15, -0.1) is 0 Å². The van der Waals surface area contributed by atoms with Crippen LogP contribution in [0.3, 0.4) is 0 Å². The summed E-state index contributed by atoms with van der Waals surface area (Å²) in [5.41, 5.74) is 3.67. The Balaban J connectivity index is 1.28. The molecule has 3 aromatic carbocycles. The smallest absolute Gasteiger partial charge is 0.338 e. The Labute approximate surface area is 214 Å². The Morgan fingerprint density at radius 3 is 2.43 bits per heavy atom. The van der Waals surface area contributed by atoms with E-state index >= 15 is 0 Å². The standard InChI is InChI=1S/C30H28F2N2O3/c1-2-37-28(36)19-6-8-21(9-7-19)30(14-15-30)33-27(35)23-4-3-5-24-26(23)34(18-29(24)12-13-29)17-20-16-22(31)10-11-25(20)32/h3-11,16H,2,12-15,17-18H2,1H3,(H,33,35). The van der Waals surface area contributed by atoms with Gasteiger partial charge in [0.15, 0.2) is 0 Å². The van der Waals surface area contributed by atoms with E-state index in [0.29, 0.717) is 24.3 Å². The second-order valence-corrected chi connectivity index (χ2v) is 10.4. The van der Waals surface area contributed by atoms with Gasteiger partial charge in [-0.25, -0.2) is 13.6 Å². The number of amides is 1. The van der Waals surface area contributed by atoms with Crippen LogP contribution in [0.5, 0.6) is 0 Å². The maximum atomic E-state index is 14.5. The first-order chi connectivity index (χ1) is 17.8. The molecule has 7 heteroatoms. The van der Waals surface area contributed by atoms with E-state index in [1.165, 1.54) is 6.07 Å². The third-order valence-corrected chi connectivity index (χ3v) is 7.94. The largest absolute Gasteiger partial charge is 0.462 e. The van der Waals surface area contributed by atoms with Gasteiger partial charge in [-0.2, -0.15) is 0 Å². The number of benzene rings is 3. The van der Waals surface area contributed by atoms with Gasteiger partial charge in [-0.3, -0.25) is 4.79 Å². The van der Waals surface area contributed by atoms with Crippen LogP contribution in [0.1, 0.15) is 70.0 Å². The van der Waals surface area contributed by atoms with Crippen molar-refractivity contribution in [2.45, 2.75) is 50.1 Å². The van der Waals surface area contributed by atoms with Crippen molar-refractivity contribution in [2.24, 2.45) is 0 Å². The van der Waals surface area contributed by atoms with Crippen molar-refractivity contribution in [3.63, 3.8) is 0 Å². The van der Waals surface area contributed by atoms with E-state index in [1.807, 2.05) is 29.2 Å². The quantitative estimate of drug-likeness (QED) is 0.427. The number of carbonyl (C=O) groups is 2. The summed E-state index contributed by atoms with van der Waals surface area (Å²) in [6.07, 6.45) is 3.64. The van der Waals surface area contributed by atoms with Gasteiger partial charge in [0.25, 0.3) is 5.91 Å². The number of ether oxygens (including phenoxy) is 1. The summed E-state index contributed by atoms with van der Waals surface area (Å²) < 4.78 is 33.4. The number of rotatable bonds is 7. The van der Waals surface area contributed by atoms with Crippen LogP contribution in [0.2, 0.25) is 0 Å². The molecule has 5 nitrogen and oxygen atoms in total. The number of hydrogen-bond donors (Lipinski definition) is 1. The summed E-state index contributed by atoms with van der Waals surface area (Å²) in [6, 6.07) is 16.5. The predicted molar refractivity (Wildman–Crippen MR) is 136 cm³/mol. The van der Waals surface area contributed by atoms with E-state index in [1.54, 1.807) is 19.1 Å². The number of anilines is 1. The van der Waals surface area contributed by atoms with E-state index in [4.69, 9.17) is 4.74 Å². The fourth-order valence-corrected chi connectivity index (χ4v) is 5.64. The highest BCUT2D eigenvalue weighted by Crippen LogP contribution is 2.57. The van der Waals surface area contributed by atoms with Gasteiger partial charge in [0, 0.05) is 24.1 Å². The molecule has 0 aromatic heterocycles. The highest BCUT2D eigenvalue weighted by atomic mass is 19.1. The fraction of sp³-hybridized carbons (Fsp3) is 0.333. The minimum absolute atomic E-state index is 0.0182. The van der Waals surface area contributed by atoms with Crippen LogP contribution in [-0.4, -0.2) is 25.0 Å². The summed E-state index contributed by atoms with van der Waals surface area (Å²) in [5, 5.41) is 3.24. The lowest BCUT2D eigenvalue weighted by Gasteiger charge is -2.24. The van der Waals surface area contributed by atoms with Gasteiger partial charge in [-0.1, -0.05) is 24.3 Å². The highest BCUT2D eigenvalue weighted by molar-refractivity contribution is 6.02. The van der Waals surface area contributed by atoms with Gasteiger partial charge < -0.3 is 15.0 Å². The van der Waals surface area contributed by atoms with Gasteiger partial charge in [-0.05, 0) is 80.1 Å². The second-order valence-electron chi connectivity index (χ2n) is 10.4. The number of para-hydroxylation sites is 1. The van der Waals surface area contributed by atoms with Gasteiger partial charge in [0.1, 0.15) is 11.6 Å². The van der Waals surface area contributed by atoms with Crippen LogP contribution in [0, 0.1) is 11.6 Å². The number of halogens is 2. The number of nitrogens with zero attached hydrogens (tertiary/aromatic N) is 1. The molecule has 0 saturated heterocycles. The molecule has 1 amide bonds. The van der Waals surface area contributed by atoms with Crippen LogP contribution in [0.25, 0.3) is 0 Å². The summed E-state index contributed by atoms with van der Waals surface area (Å²) in [7, 11) is 0. The van der Waals surface area contributed by atoms with Crippen molar-refractivity contribution < 1.29 is 23.1 Å². The zero-order valence-electron chi connectivity index (χ0n) is 20.7. The molecule has 1 spiro atoms. The summed E-state index contributed by atoms with van der Waals surface area (Å²) in [5.74, 6) is -1.49. The van der Waals surface area contributed by atoms with E-state index in [0.717, 1.165) is 54.6 Å². The number of carbonyl (C=O) groups excluding carboxylic acids is 2. The first-order valence-electron chi connectivity index (χ1n) is 12.8. The molecule has 3 aromatic rings. The molecule has 2 saturated carbocycles. The van der Waals surface area contributed by atoms with Crippen LogP contribution in [-0.2, 0) is 22.2 Å². The Hall–Kier alpha value is -3.74. The SMILES string of the molecule is CCOC(=O)c1ccc(C2(NC(=O)c3cccc4c3N(Cc3cc(F)ccc3F)CC43CC3)CC2)cc1. The molecule has 2 fully saturated rings. The molecule has 0 atom stereocenters. The molecule has 6 rings (SSSR count). The first kappa shape index (κ1) is 23.6. The van der Waals surface area contributed by atoms with E-state index in [2.05, 4.69) is 11.4 Å². The van der Waals surface area contributed by atoms with E-state index < -0.39 is 17.2 Å². The molecule has 3 aliphatic rings. The molecule has 0 unspecified atom stereocenters. The van der Waals surface area contributed by atoms with Crippen LogP contribution in [0.15, 0.2) is 60.7 Å². The monoisotopic (exact) mass is 502 g/mol. The topological polar surface area (TPSA) is 58.6 Å². The zero-order chi connectivity index (χ0) is 25.8. The molecule has 1 aliphatic heterocycles. The molecular weight excluding hydrogens is 474 g/mol. The lowest BCUT2D eigenvalue weighted by atomic mass is 9.96. The fourth-order valence-electron chi connectivity index (χ4n) is 5.64. The van der Waals surface area contributed by atoms with E-state index in [-0.39, 0.29) is 29.4 Å². The third kappa shape index (κ3) is 4.16. The summed E-state index contributed by atoms with van der Waals surface area (Å²) in [6.45, 7) is 2.96. The molecule has 1 heterocycles.